The summed E-state index contributed by atoms with van der Waals surface area (Å²) in [5.41, 5.74) is 0.725. The van der Waals surface area contributed by atoms with Crippen LogP contribution in [0.4, 0.5) is 0 Å². The molecule has 0 radical (unpaired) electrons. The summed E-state index contributed by atoms with van der Waals surface area (Å²) in [6.07, 6.45) is 2.56. The molecule has 0 amide bonds. The first kappa shape index (κ1) is 15.0. The van der Waals surface area contributed by atoms with Gasteiger partial charge in [-0.15, -0.1) is 0 Å². The van der Waals surface area contributed by atoms with Crippen LogP contribution in [0.25, 0.3) is 6.08 Å². The Morgan fingerprint density at radius 1 is 1.37 bits per heavy atom. The monoisotopic (exact) mass is 266 g/mol. The van der Waals surface area contributed by atoms with Gasteiger partial charge in [-0.25, -0.2) is 4.79 Å². The van der Waals surface area contributed by atoms with Crippen LogP contribution in [0.5, 0.6) is 11.5 Å². The van der Waals surface area contributed by atoms with Crippen LogP contribution in [0, 0.1) is 0 Å². The van der Waals surface area contributed by atoms with Crippen LogP contribution in [0.3, 0.4) is 0 Å². The molecule has 1 aromatic rings. The largest absolute Gasteiger partial charge is 0.487 e. The molecule has 0 heterocycles. The lowest BCUT2D eigenvalue weighted by Crippen LogP contribution is -2.08. The molecular formula is C14H18O5. The zero-order chi connectivity index (χ0) is 14.3. The number of hydrogen-bond donors (Lipinski definition) is 1. The predicted octanol–water partition coefficient (Wildman–Crippen LogP) is 2.55. The van der Waals surface area contributed by atoms with E-state index in [1.54, 1.807) is 18.2 Å². The molecule has 0 aromatic heterocycles. The average Bonchev–Trinajstić information content (AvgIpc) is 2.34. The number of ether oxygens (including phenoxy) is 3. The summed E-state index contributed by atoms with van der Waals surface area (Å²) in [7, 11) is 1.53. The fourth-order valence-corrected chi connectivity index (χ4v) is 1.38. The summed E-state index contributed by atoms with van der Waals surface area (Å²) in [5.74, 6) is 0.119. The van der Waals surface area contributed by atoms with E-state index in [4.69, 9.17) is 19.3 Å². The minimum Gasteiger partial charge on any atom is -0.487 e. The lowest BCUT2D eigenvalue weighted by Gasteiger charge is -2.15. The van der Waals surface area contributed by atoms with Gasteiger partial charge in [-0.3, -0.25) is 0 Å². The van der Waals surface area contributed by atoms with E-state index in [0.717, 1.165) is 11.6 Å². The Hall–Kier alpha value is -2.01. The summed E-state index contributed by atoms with van der Waals surface area (Å²) in [6, 6.07) is 5.19. The molecular weight excluding hydrogens is 248 g/mol. The smallest absolute Gasteiger partial charge is 0.328 e. The molecule has 0 bridgehead atoms. The fraction of sp³-hybridized carbons (Fsp3) is 0.357. The van der Waals surface area contributed by atoms with Gasteiger partial charge in [0.2, 0.25) is 0 Å². The van der Waals surface area contributed by atoms with E-state index >= 15 is 0 Å². The first-order valence-corrected chi connectivity index (χ1v) is 5.86. The zero-order valence-corrected chi connectivity index (χ0v) is 11.3. The Balaban J connectivity index is 2.96. The normalized spacial score (nSPS) is 10.9. The van der Waals surface area contributed by atoms with E-state index in [0.29, 0.717) is 11.5 Å². The van der Waals surface area contributed by atoms with Crippen LogP contribution in [-0.2, 0) is 9.53 Å². The molecule has 1 N–H and O–H groups in total. The van der Waals surface area contributed by atoms with Crippen molar-refractivity contribution < 1.29 is 24.1 Å². The van der Waals surface area contributed by atoms with Gasteiger partial charge in [0.25, 0.3) is 0 Å². The highest BCUT2D eigenvalue weighted by Crippen LogP contribution is 2.29. The summed E-state index contributed by atoms with van der Waals surface area (Å²) in [6.45, 7) is 3.93. The van der Waals surface area contributed by atoms with Crippen molar-refractivity contribution in [2.75, 3.05) is 13.9 Å². The molecule has 0 fully saturated rings. The highest BCUT2D eigenvalue weighted by atomic mass is 16.7. The van der Waals surface area contributed by atoms with Crippen LogP contribution in [0.1, 0.15) is 19.4 Å². The van der Waals surface area contributed by atoms with Crippen LogP contribution in [-0.4, -0.2) is 31.1 Å². The maximum Gasteiger partial charge on any atom is 0.328 e. The second kappa shape index (κ2) is 7.43. The molecule has 1 rings (SSSR count). The number of benzene rings is 1. The molecule has 0 atom stereocenters. The van der Waals surface area contributed by atoms with Crippen molar-refractivity contribution in [3.05, 3.63) is 29.8 Å². The lowest BCUT2D eigenvalue weighted by atomic mass is 10.2. The summed E-state index contributed by atoms with van der Waals surface area (Å²) in [4.78, 5) is 10.5. The van der Waals surface area contributed by atoms with Gasteiger partial charge in [0.05, 0.1) is 6.10 Å². The molecule has 0 aliphatic rings. The molecule has 0 unspecified atom stereocenters. The van der Waals surface area contributed by atoms with Crippen LogP contribution >= 0.6 is 0 Å². The summed E-state index contributed by atoms with van der Waals surface area (Å²) >= 11 is 0. The van der Waals surface area contributed by atoms with Gasteiger partial charge in [0.1, 0.15) is 0 Å². The third-order valence-corrected chi connectivity index (χ3v) is 2.08. The Bertz CT molecular complexity index is 451. The second-order valence-electron chi connectivity index (χ2n) is 4.10. The third-order valence-electron chi connectivity index (χ3n) is 2.08. The van der Waals surface area contributed by atoms with Gasteiger partial charge in [-0.05, 0) is 37.6 Å². The molecule has 0 aliphatic heterocycles. The van der Waals surface area contributed by atoms with E-state index in [2.05, 4.69) is 0 Å². The Kier molecular flexibility index (Phi) is 5.89. The van der Waals surface area contributed by atoms with Crippen molar-refractivity contribution in [2.45, 2.75) is 20.0 Å². The Morgan fingerprint density at radius 3 is 2.68 bits per heavy atom. The van der Waals surface area contributed by atoms with Crippen LogP contribution in [0.15, 0.2) is 24.3 Å². The highest BCUT2D eigenvalue weighted by Gasteiger charge is 2.08. The van der Waals surface area contributed by atoms with Gasteiger partial charge in [-0.2, -0.15) is 0 Å². The van der Waals surface area contributed by atoms with Gasteiger partial charge >= 0.3 is 5.97 Å². The molecule has 0 saturated heterocycles. The molecule has 0 spiro atoms. The van der Waals surface area contributed by atoms with Gasteiger partial charge in [-0.1, -0.05) is 6.07 Å². The van der Waals surface area contributed by atoms with Crippen molar-refractivity contribution >= 4 is 12.0 Å². The second-order valence-corrected chi connectivity index (χ2v) is 4.10. The quantitative estimate of drug-likeness (QED) is 0.607. The van der Waals surface area contributed by atoms with Crippen molar-refractivity contribution in [2.24, 2.45) is 0 Å². The molecule has 19 heavy (non-hydrogen) atoms. The van der Waals surface area contributed by atoms with Crippen molar-refractivity contribution in [1.82, 2.24) is 0 Å². The van der Waals surface area contributed by atoms with E-state index in [1.165, 1.54) is 13.2 Å². The van der Waals surface area contributed by atoms with E-state index in [1.807, 2.05) is 13.8 Å². The van der Waals surface area contributed by atoms with Gasteiger partial charge in [0, 0.05) is 13.2 Å². The first-order valence-electron chi connectivity index (χ1n) is 5.86. The number of carboxylic acids is 1. The fourth-order valence-electron chi connectivity index (χ4n) is 1.38. The topological polar surface area (TPSA) is 65.0 Å². The molecule has 5 nitrogen and oxygen atoms in total. The molecule has 0 saturated carbocycles. The standard InChI is InChI=1S/C14H18O5/c1-10(2)19-13-8-11(5-7-14(15)16)4-6-12(13)18-9-17-3/h4-8,10H,9H2,1-3H3,(H,15,16). The predicted molar refractivity (Wildman–Crippen MR) is 71.4 cm³/mol. The Morgan fingerprint density at radius 2 is 2.11 bits per heavy atom. The van der Waals surface area contributed by atoms with Gasteiger partial charge < -0.3 is 19.3 Å². The van der Waals surface area contributed by atoms with Crippen LogP contribution in [0.2, 0.25) is 0 Å². The minimum absolute atomic E-state index is 0.0106. The Labute approximate surface area is 112 Å². The van der Waals surface area contributed by atoms with E-state index < -0.39 is 5.97 Å². The maximum atomic E-state index is 10.5. The number of carbonyl (C=O) groups is 1. The third kappa shape index (κ3) is 5.44. The lowest BCUT2D eigenvalue weighted by molar-refractivity contribution is -0.131. The number of carboxylic acid groups (broad SMARTS) is 1. The number of hydrogen-bond acceptors (Lipinski definition) is 4. The number of aliphatic carboxylic acids is 1. The van der Waals surface area contributed by atoms with Gasteiger partial charge in [0.15, 0.2) is 18.3 Å². The van der Waals surface area contributed by atoms with Crippen molar-refractivity contribution in [3.63, 3.8) is 0 Å². The molecule has 104 valence electrons. The average molecular weight is 266 g/mol. The first-order chi connectivity index (χ1) is 9.02. The summed E-state index contributed by atoms with van der Waals surface area (Å²) < 4.78 is 15.9. The highest BCUT2D eigenvalue weighted by molar-refractivity contribution is 5.85. The van der Waals surface area contributed by atoms with Crippen molar-refractivity contribution in [3.8, 4) is 11.5 Å². The zero-order valence-electron chi connectivity index (χ0n) is 11.3. The number of rotatable bonds is 7. The van der Waals surface area contributed by atoms with E-state index in [9.17, 15) is 4.79 Å². The van der Waals surface area contributed by atoms with E-state index in [-0.39, 0.29) is 12.9 Å². The molecule has 5 heteroatoms. The minimum atomic E-state index is -0.994. The molecule has 1 aromatic carbocycles. The molecule has 0 aliphatic carbocycles. The maximum absolute atomic E-state index is 10.5. The van der Waals surface area contributed by atoms with Crippen molar-refractivity contribution in [1.29, 1.82) is 0 Å². The van der Waals surface area contributed by atoms with Crippen LogP contribution < -0.4 is 9.47 Å². The SMILES string of the molecule is COCOc1ccc(C=CC(=O)O)cc1OC(C)C. The number of methoxy groups -OCH3 is 1. The summed E-state index contributed by atoms with van der Waals surface area (Å²) in [5, 5.41) is 8.60.